The molecule has 0 aromatic carbocycles. The Morgan fingerprint density at radius 2 is 0.905 bits per heavy atom. The molecule has 0 aromatic heterocycles. The van der Waals surface area contributed by atoms with Crippen LogP contribution in [-0.2, 0) is 0 Å². The van der Waals surface area contributed by atoms with Gasteiger partial charge < -0.3 is 9.80 Å². The maximum atomic E-state index is 13.1. The molecule has 1 rings (SSSR count). The molecule has 0 bridgehead atoms. The van der Waals surface area contributed by atoms with Crippen molar-refractivity contribution in [3.05, 3.63) is 45.7 Å². The predicted octanol–water partition coefficient (Wildman–Crippen LogP) is 0.312. The highest BCUT2D eigenvalue weighted by atomic mass is 16.2. The summed E-state index contributed by atoms with van der Waals surface area (Å²) in [5, 5.41) is 27.2. The van der Waals surface area contributed by atoms with Crippen LogP contribution in [-0.4, -0.2) is 165 Å². The van der Waals surface area contributed by atoms with E-state index in [0.29, 0.717) is 78.5 Å². The van der Waals surface area contributed by atoms with E-state index in [9.17, 15) is 4.79 Å². The van der Waals surface area contributed by atoms with Crippen LogP contribution in [0.3, 0.4) is 0 Å². The Labute approximate surface area is 249 Å². The van der Waals surface area contributed by atoms with Crippen LogP contribution in [0.1, 0.15) is 0 Å². The number of amides is 2. The van der Waals surface area contributed by atoms with E-state index in [1.54, 1.807) is 24.5 Å². The first kappa shape index (κ1) is 35.5. The minimum absolute atomic E-state index is 0.0740. The minimum atomic E-state index is -0.0740. The first-order valence-corrected chi connectivity index (χ1v) is 13.6. The van der Waals surface area contributed by atoms with Crippen molar-refractivity contribution in [1.29, 1.82) is 15.8 Å². The fourth-order valence-corrected chi connectivity index (χ4v) is 4.31. The largest absolute Gasteiger partial charge is 0.322 e. The van der Waals surface area contributed by atoms with Crippen LogP contribution in [0, 0.1) is 60.3 Å². The molecule has 15 heteroatoms. The summed E-state index contributed by atoms with van der Waals surface area (Å²) in [5.74, 6) is 0. The maximum Gasteiger partial charge on any atom is 0.320 e. The average Bonchev–Trinajstić information content (AvgIpc) is 3.33. The van der Waals surface area contributed by atoms with E-state index in [1.807, 2.05) is 4.90 Å². The summed E-state index contributed by atoms with van der Waals surface area (Å²) in [6.45, 7) is 35.8. The predicted molar refractivity (Wildman–Crippen MR) is 154 cm³/mol. The summed E-state index contributed by atoms with van der Waals surface area (Å²) in [5.41, 5.74) is 0. The van der Waals surface area contributed by atoms with Gasteiger partial charge in [0, 0.05) is 78.5 Å². The molecule has 222 valence electrons. The second-order valence-electron chi connectivity index (χ2n) is 9.55. The van der Waals surface area contributed by atoms with Crippen molar-refractivity contribution in [2.24, 2.45) is 0 Å². The second-order valence-corrected chi connectivity index (χ2v) is 9.55. The number of nitriles is 3. The Balaban J connectivity index is 2.71. The molecule has 0 aliphatic carbocycles. The molecule has 42 heavy (non-hydrogen) atoms. The first-order chi connectivity index (χ1) is 20.5. The quantitative estimate of drug-likeness (QED) is 0.133. The van der Waals surface area contributed by atoms with Crippen LogP contribution in [0.4, 0.5) is 4.79 Å². The van der Waals surface area contributed by atoms with Gasteiger partial charge in [-0.3, -0.25) is 29.2 Å². The van der Waals surface area contributed by atoms with E-state index < -0.39 is 0 Å². The van der Waals surface area contributed by atoms with Gasteiger partial charge in [-0.1, -0.05) is 0 Å². The van der Waals surface area contributed by atoms with Crippen LogP contribution in [0.15, 0.2) is 0 Å². The molecule has 0 saturated carbocycles. The summed E-state index contributed by atoms with van der Waals surface area (Å²) in [4.78, 5) is 39.5. The van der Waals surface area contributed by atoms with E-state index in [2.05, 4.69) is 42.5 Å². The topological polar surface area (TPSA) is 129 Å². The number of carbonyl (C=O) groups is 1. The standard InChI is InChI=1S/C27H38N14O/c1-31-23-37(10-7-30)14-13-36(12-11-35(8-5-28)9-6-29)17-19-40-21-22-41(27(40)42)20-18-38(24-32-2)15-16-39(25-33-3)26-34-4/h8-26H2. The molecule has 1 aliphatic rings. The molecule has 2 amide bonds. The van der Waals surface area contributed by atoms with Gasteiger partial charge in [0.2, 0.25) is 0 Å². The molecule has 1 heterocycles. The minimum Gasteiger partial charge on any atom is -0.322 e. The SMILES string of the molecule is [C-]#[N+]CN(CC#N)CCN(CCN(CC#N)CC#N)CCN1CCN(CCN(CCN(C[N+]#[C-])C[N+]#[C-])C[N+]#[C-])C1=O. The summed E-state index contributed by atoms with van der Waals surface area (Å²) in [6.07, 6.45) is 0. The zero-order valence-electron chi connectivity index (χ0n) is 24.1. The smallest absolute Gasteiger partial charge is 0.320 e. The fraction of sp³-hybridized carbons (Fsp3) is 0.704. The Bertz CT molecular complexity index is 1020. The molecule has 15 nitrogen and oxygen atoms in total. The fourth-order valence-electron chi connectivity index (χ4n) is 4.31. The monoisotopic (exact) mass is 574 g/mol. The van der Waals surface area contributed by atoms with Crippen LogP contribution in [0.25, 0.3) is 19.4 Å². The maximum absolute atomic E-state index is 13.1. The van der Waals surface area contributed by atoms with Crippen molar-refractivity contribution in [3.8, 4) is 18.2 Å². The van der Waals surface area contributed by atoms with E-state index in [0.717, 1.165) is 0 Å². The third kappa shape index (κ3) is 14.2. The number of carbonyl (C=O) groups excluding carboxylic acids is 1. The van der Waals surface area contributed by atoms with E-state index >= 15 is 0 Å². The first-order valence-electron chi connectivity index (χ1n) is 13.6. The Kier molecular flexibility index (Phi) is 18.8. The molecule has 0 atom stereocenters. The third-order valence-corrected chi connectivity index (χ3v) is 6.72. The van der Waals surface area contributed by atoms with Crippen LogP contribution in [0.5, 0.6) is 0 Å². The van der Waals surface area contributed by atoms with Crippen molar-refractivity contribution in [3.63, 3.8) is 0 Å². The van der Waals surface area contributed by atoms with Gasteiger partial charge in [0.1, 0.15) is 0 Å². The van der Waals surface area contributed by atoms with Crippen LogP contribution >= 0.6 is 0 Å². The summed E-state index contributed by atoms with van der Waals surface area (Å²) in [7, 11) is 0. The molecule has 0 N–H and O–H groups in total. The normalized spacial score (nSPS) is 12.7. The van der Waals surface area contributed by atoms with Gasteiger partial charge in [0.25, 0.3) is 26.7 Å². The highest BCUT2D eigenvalue weighted by Gasteiger charge is 2.29. The number of urea groups is 1. The Hall–Kier alpha value is -4.50. The lowest BCUT2D eigenvalue weighted by Gasteiger charge is -2.28. The Morgan fingerprint density at radius 1 is 0.548 bits per heavy atom. The van der Waals surface area contributed by atoms with E-state index in [-0.39, 0.29) is 52.3 Å². The van der Waals surface area contributed by atoms with Crippen molar-refractivity contribution in [1.82, 2.24) is 34.3 Å². The summed E-state index contributed by atoms with van der Waals surface area (Å²) in [6, 6.07) is 6.15. The van der Waals surface area contributed by atoms with Gasteiger partial charge in [0.15, 0.2) is 0 Å². The molecule has 0 radical (unpaired) electrons. The average molecular weight is 575 g/mol. The van der Waals surface area contributed by atoms with Crippen LogP contribution in [0.2, 0.25) is 0 Å². The highest BCUT2D eigenvalue weighted by Crippen LogP contribution is 2.09. The van der Waals surface area contributed by atoms with Crippen molar-refractivity contribution >= 4 is 6.03 Å². The van der Waals surface area contributed by atoms with Crippen LogP contribution < -0.4 is 0 Å². The van der Waals surface area contributed by atoms with Gasteiger partial charge in [-0.25, -0.2) is 40.9 Å². The number of rotatable bonds is 22. The number of hydrogen-bond acceptors (Lipinski definition) is 9. The Morgan fingerprint density at radius 3 is 1.40 bits per heavy atom. The van der Waals surface area contributed by atoms with Gasteiger partial charge in [0.05, 0.1) is 37.8 Å². The molecule has 1 saturated heterocycles. The van der Waals surface area contributed by atoms with E-state index in [4.69, 9.17) is 42.1 Å². The number of nitrogens with zero attached hydrogens (tertiary/aromatic N) is 14. The lowest BCUT2D eigenvalue weighted by molar-refractivity contribution is 0.164. The van der Waals surface area contributed by atoms with Gasteiger partial charge in [-0.05, 0) is 0 Å². The van der Waals surface area contributed by atoms with Crippen molar-refractivity contribution < 1.29 is 4.79 Å². The number of hydrogen-bond donors (Lipinski definition) is 0. The second kappa shape index (κ2) is 22.2. The van der Waals surface area contributed by atoms with E-state index in [1.165, 1.54) is 0 Å². The molecule has 0 unspecified atom stereocenters. The van der Waals surface area contributed by atoms with Gasteiger partial charge in [-0.15, -0.1) is 0 Å². The lowest BCUT2D eigenvalue weighted by atomic mass is 10.3. The van der Waals surface area contributed by atoms with Gasteiger partial charge in [-0.2, -0.15) is 20.7 Å². The molecular weight excluding hydrogens is 536 g/mol. The summed E-state index contributed by atoms with van der Waals surface area (Å²) >= 11 is 0. The van der Waals surface area contributed by atoms with Crippen molar-refractivity contribution in [2.45, 2.75) is 0 Å². The zero-order valence-corrected chi connectivity index (χ0v) is 24.1. The molecule has 1 fully saturated rings. The lowest BCUT2D eigenvalue weighted by Crippen LogP contribution is -2.44. The highest BCUT2D eigenvalue weighted by molar-refractivity contribution is 5.76. The molecular formula is C27H38N14O. The zero-order chi connectivity index (χ0) is 31.0. The van der Waals surface area contributed by atoms with Crippen molar-refractivity contribution in [2.75, 3.05) is 125 Å². The third-order valence-electron chi connectivity index (χ3n) is 6.72. The molecule has 0 spiro atoms. The van der Waals surface area contributed by atoms with Gasteiger partial charge >= 0.3 is 6.03 Å². The molecule has 1 aliphatic heterocycles. The summed E-state index contributed by atoms with van der Waals surface area (Å²) < 4.78 is 0. The molecule has 0 aromatic rings.